The second-order valence-corrected chi connectivity index (χ2v) is 29.4. The van der Waals surface area contributed by atoms with Gasteiger partial charge in [-0.25, -0.2) is 0 Å². The zero-order valence-electron chi connectivity index (χ0n) is 27.5. The summed E-state index contributed by atoms with van der Waals surface area (Å²) in [5.74, 6) is -0.212. The molecule has 0 bridgehead atoms. The van der Waals surface area contributed by atoms with Gasteiger partial charge in [-0.2, -0.15) is 5.26 Å². The quantitative estimate of drug-likeness (QED) is 0.325. The van der Waals surface area contributed by atoms with Crippen molar-refractivity contribution in [3.05, 3.63) is 0 Å². The van der Waals surface area contributed by atoms with Crippen molar-refractivity contribution in [1.82, 2.24) is 0 Å². The summed E-state index contributed by atoms with van der Waals surface area (Å²) in [5, 5.41) is 9.78. The molecule has 0 aliphatic rings. The van der Waals surface area contributed by atoms with Crippen molar-refractivity contribution in [2.75, 3.05) is 0 Å². The minimum Gasteiger partial charge on any atom is -0.452 e. The lowest BCUT2D eigenvalue weighted by molar-refractivity contribution is 0.281. The molecular formula is C29H62BNO2Si2. The summed E-state index contributed by atoms with van der Waals surface area (Å²) in [7, 11) is -5.58. The predicted molar refractivity (Wildman–Crippen MR) is 162 cm³/mol. The second kappa shape index (κ2) is 10.2. The Balaban J connectivity index is 7.54. The molecule has 0 N–H and O–H groups in total. The molecule has 2 atom stereocenters. The van der Waals surface area contributed by atoms with Gasteiger partial charge in [0.05, 0.1) is 6.07 Å². The van der Waals surface area contributed by atoms with Crippen molar-refractivity contribution in [2.24, 2.45) is 5.92 Å². The van der Waals surface area contributed by atoms with E-state index in [4.69, 9.17) is 8.69 Å². The van der Waals surface area contributed by atoms with E-state index >= 15 is 0 Å². The molecule has 2 unspecified atom stereocenters. The lowest BCUT2D eigenvalue weighted by Crippen LogP contribution is -2.68. The van der Waals surface area contributed by atoms with Crippen LogP contribution in [0.2, 0.25) is 36.0 Å². The van der Waals surface area contributed by atoms with E-state index in [1.807, 2.05) is 6.92 Å². The Bertz CT molecular complexity index is 623. The van der Waals surface area contributed by atoms with Crippen LogP contribution in [0.15, 0.2) is 0 Å². The van der Waals surface area contributed by atoms with E-state index in [2.05, 4.69) is 138 Å². The lowest BCUT2D eigenvalue weighted by atomic mass is 9.68. The molecule has 0 aliphatic heterocycles. The Morgan fingerprint density at radius 1 is 0.514 bits per heavy atom. The van der Waals surface area contributed by atoms with Gasteiger partial charge in [0.15, 0.2) is 16.6 Å². The zero-order valence-corrected chi connectivity index (χ0v) is 29.5. The van der Waals surface area contributed by atoms with E-state index in [1.165, 1.54) is 0 Å². The number of nitrogens with zero attached hydrogens (tertiary/aromatic N) is 1. The van der Waals surface area contributed by atoms with Gasteiger partial charge in [-0.3, -0.25) is 0 Å². The Morgan fingerprint density at radius 3 is 0.857 bits per heavy atom. The van der Waals surface area contributed by atoms with E-state index < -0.39 is 23.8 Å². The van der Waals surface area contributed by atoms with Gasteiger partial charge in [0.1, 0.15) is 0 Å². The van der Waals surface area contributed by atoms with Crippen LogP contribution in [-0.2, 0) is 8.69 Å². The number of hydrogen-bond acceptors (Lipinski definition) is 3. The maximum atomic E-state index is 9.97. The monoisotopic (exact) mass is 523 g/mol. The van der Waals surface area contributed by atoms with Crippen LogP contribution in [0.4, 0.5) is 0 Å². The zero-order chi connectivity index (χ0) is 28.9. The van der Waals surface area contributed by atoms with Gasteiger partial charge in [0.2, 0.25) is 0 Å². The molecule has 35 heavy (non-hydrogen) atoms. The Labute approximate surface area is 223 Å². The molecule has 3 nitrogen and oxygen atoms in total. The molecule has 0 aromatic heterocycles. The smallest absolute Gasteiger partial charge is 0.439 e. The van der Waals surface area contributed by atoms with Gasteiger partial charge in [-0.05, 0) is 37.2 Å². The first-order valence-corrected chi connectivity index (χ1v) is 17.5. The highest BCUT2D eigenvalue weighted by Gasteiger charge is 2.67. The van der Waals surface area contributed by atoms with Crippen molar-refractivity contribution in [1.29, 1.82) is 5.26 Å². The summed E-state index contributed by atoms with van der Waals surface area (Å²) < 4.78 is 15.3. The summed E-state index contributed by atoms with van der Waals surface area (Å²) in [6, 6.07) is 2.52. The molecule has 0 aliphatic carbocycles. The summed E-state index contributed by atoms with van der Waals surface area (Å²) in [5.41, 5.74) is 0. The van der Waals surface area contributed by atoms with Gasteiger partial charge < -0.3 is 8.69 Å². The maximum Gasteiger partial charge on any atom is 0.439 e. The molecule has 0 saturated heterocycles. The first kappa shape index (κ1) is 34.9. The third kappa shape index (κ3) is 6.32. The van der Waals surface area contributed by atoms with Crippen LogP contribution < -0.4 is 0 Å². The maximum absolute atomic E-state index is 9.97. The SMILES string of the molecule is CC(C#N)C(C)B(O[Si](C(C)(C)C)(C(C)(C)C)C(C)(C)C)O[Si](C(C)(C)C)(C(C)(C)C)C(C)(C)C. The van der Waals surface area contributed by atoms with Crippen LogP contribution in [0, 0.1) is 17.2 Å². The van der Waals surface area contributed by atoms with Gasteiger partial charge in [-0.1, -0.05) is 132 Å². The molecule has 0 radical (unpaired) electrons. The van der Waals surface area contributed by atoms with Gasteiger partial charge in [0.25, 0.3) is 0 Å². The molecule has 0 amide bonds. The van der Waals surface area contributed by atoms with Gasteiger partial charge in [0, 0.05) is 11.7 Å². The van der Waals surface area contributed by atoms with E-state index in [0.717, 1.165) is 0 Å². The molecule has 0 heterocycles. The minimum atomic E-state index is -2.57. The van der Waals surface area contributed by atoms with Crippen LogP contribution in [0.5, 0.6) is 0 Å². The van der Waals surface area contributed by atoms with Crippen molar-refractivity contribution >= 4 is 23.8 Å². The molecule has 0 spiro atoms. The summed E-state index contributed by atoms with van der Waals surface area (Å²) in [6.07, 6.45) is 0. The average molecular weight is 524 g/mol. The summed E-state index contributed by atoms with van der Waals surface area (Å²) in [4.78, 5) is 0. The first-order valence-electron chi connectivity index (χ1n) is 13.7. The Morgan fingerprint density at radius 2 is 0.714 bits per heavy atom. The highest BCUT2D eigenvalue weighted by Crippen LogP contribution is 2.66. The third-order valence-corrected chi connectivity index (χ3v) is 22.2. The van der Waals surface area contributed by atoms with Crippen molar-refractivity contribution in [3.8, 4) is 6.07 Å². The van der Waals surface area contributed by atoms with Crippen LogP contribution in [0.3, 0.4) is 0 Å². The van der Waals surface area contributed by atoms with E-state index in [9.17, 15) is 5.26 Å². The highest BCUT2D eigenvalue weighted by atomic mass is 28.4. The fraction of sp³-hybridized carbons (Fsp3) is 0.966. The van der Waals surface area contributed by atoms with E-state index in [1.54, 1.807) is 0 Å². The minimum absolute atomic E-state index is 0.0316. The first-order chi connectivity index (χ1) is 15.0. The highest BCUT2D eigenvalue weighted by molar-refractivity contribution is 6.90. The summed E-state index contributed by atoms with van der Waals surface area (Å²) in [6.45, 7) is 46.6. The van der Waals surface area contributed by atoms with Crippen molar-refractivity contribution < 1.29 is 8.69 Å². The van der Waals surface area contributed by atoms with Gasteiger partial charge >= 0.3 is 7.12 Å². The van der Waals surface area contributed by atoms with Crippen LogP contribution in [0.25, 0.3) is 0 Å². The topological polar surface area (TPSA) is 42.2 Å². The van der Waals surface area contributed by atoms with Crippen molar-refractivity contribution in [3.63, 3.8) is 0 Å². The Kier molecular flexibility index (Phi) is 10.2. The van der Waals surface area contributed by atoms with Crippen LogP contribution >= 0.6 is 0 Å². The molecular weight excluding hydrogens is 461 g/mol. The summed E-state index contributed by atoms with van der Waals surface area (Å²) >= 11 is 0. The Hall–Kier alpha value is -0.0913. The fourth-order valence-corrected chi connectivity index (χ4v) is 25.7. The standard InChI is InChI=1S/C29H62BNO2Si2/c1-22(21-31)23(2)30(32-34(24(3,4)5,25(6,7)8)26(9,10)11)33-35(27(12,13)14,28(15,16)17)29(18,19)20/h22-23H,1-20H3. The molecule has 0 aromatic rings. The number of hydrogen-bond donors (Lipinski definition) is 0. The second-order valence-electron chi connectivity index (χ2n) is 17.2. The molecule has 0 rings (SSSR count). The third-order valence-electron chi connectivity index (χ3n) is 8.34. The predicted octanol–water partition coefficient (Wildman–Crippen LogP) is 10.7. The fourth-order valence-electron chi connectivity index (χ4n) is 8.75. The molecule has 206 valence electrons. The average Bonchev–Trinajstić information content (AvgIpc) is 2.53. The van der Waals surface area contributed by atoms with Crippen LogP contribution in [-0.4, -0.2) is 23.8 Å². The van der Waals surface area contributed by atoms with Crippen LogP contribution in [0.1, 0.15) is 138 Å². The van der Waals surface area contributed by atoms with Gasteiger partial charge in [-0.15, -0.1) is 0 Å². The van der Waals surface area contributed by atoms with E-state index in [0.29, 0.717) is 0 Å². The molecule has 0 fully saturated rings. The molecule has 0 aromatic carbocycles. The van der Waals surface area contributed by atoms with Crippen molar-refractivity contribution in [2.45, 2.75) is 175 Å². The molecule has 6 heteroatoms. The molecule has 0 saturated carbocycles. The van der Waals surface area contributed by atoms with E-state index in [-0.39, 0.29) is 42.0 Å². The number of nitriles is 1. The largest absolute Gasteiger partial charge is 0.452 e. The number of rotatable bonds is 6. The normalized spacial score (nSPS) is 17.1. The lowest BCUT2D eigenvalue weighted by Gasteiger charge is -2.62.